The number of hydrogen-bond acceptors (Lipinski definition) is 5. The zero-order valence-electron chi connectivity index (χ0n) is 51.8. The quantitative estimate of drug-likeness (QED) is 0.0320. The maximum Gasteiger partial charge on any atom is 0.305 e. The summed E-state index contributed by atoms with van der Waals surface area (Å²) in [5.41, 5.74) is 0. The summed E-state index contributed by atoms with van der Waals surface area (Å²) in [4.78, 5) is 24.5. The predicted octanol–water partition coefficient (Wildman–Crippen LogP) is 22.4. The Hall–Kier alpha value is -1.40. The number of hydrogen-bond donors (Lipinski definition) is 3. The molecule has 2 atom stereocenters. The molecule has 0 saturated heterocycles. The monoisotopic (exact) mass is 1070 g/mol. The number of ether oxygens (including phenoxy) is 1. The third-order valence-corrected chi connectivity index (χ3v) is 16.6. The first-order chi connectivity index (χ1) is 37.5. The van der Waals surface area contributed by atoms with Crippen molar-refractivity contribution in [3.63, 3.8) is 0 Å². The summed E-state index contributed by atoms with van der Waals surface area (Å²) in [5, 5.41) is 23.4. The molecule has 0 fully saturated rings. The zero-order chi connectivity index (χ0) is 55.0. The van der Waals surface area contributed by atoms with Crippen LogP contribution in [0.15, 0.2) is 12.2 Å². The van der Waals surface area contributed by atoms with Crippen LogP contribution < -0.4 is 5.32 Å². The lowest BCUT2D eigenvalue weighted by molar-refractivity contribution is -0.143. The van der Waals surface area contributed by atoms with Crippen LogP contribution in [0.4, 0.5) is 0 Å². The predicted molar refractivity (Wildman–Crippen MR) is 333 cm³/mol. The summed E-state index contributed by atoms with van der Waals surface area (Å²) in [7, 11) is 0. The van der Waals surface area contributed by atoms with Crippen molar-refractivity contribution in [1.82, 2.24) is 5.32 Å². The van der Waals surface area contributed by atoms with E-state index < -0.39 is 12.1 Å². The van der Waals surface area contributed by atoms with Crippen molar-refractivity contribution in [2.75, 3.05) is 13.2 Å². The van der Waals surface area contributed by atoms with Crippen LogP contribution in [0.5, 0.6) is 0 Å². The first-order valence-electron chi connectivity index (χ1n) is 34.9. The molecule has 0 spiro atoms. The number of aliphatic hydroxyl groups is 2. The number of allylic oxidation sites excluding steroid dienone is 2. The van der Waals surface area contributed by atoms with Gasteiger partial charge in [0.05, 0.1) is 25.4 Å². The average molecular weight is 1070 g/mol. The van der Waals surface area contributed by atoms with Gasteiger partial charge in [-0.15, -0.1) is 0 Å². The summed E-state index contributed by atoms with van der Waals surface area (Å²) in [5.74, 6) is -0.0160. The average Bonchev–Trinajstić information content (AvgIpc) is 3.42. The maximum atomic E-state index is 12.5. The van der Waals surface area contributed by atoms with Crippen molar-refractivity contribution in [1.29, 1.82) is 0 Å². The fourth-order valence-electron chi connectivity index (χ4n) is 11.2. The summed E-state index contributed by atoms with van der Waals surface area (Å²) in [6.45, 7) is 4.95. The van der Waals surface area contributed by atoms with Gasteiger partial charge in [-0.1, -0.05) is 353 Å². The minimum absolute atomic E-state index is 0.0108. The highest BCUT2D eigenvalue weighted by Crippen LogP contribution is 2.19. The fourth-order valence-corrected chi connectivity index (χ4v) is 11.2. The summed E-state index contributed by atoms with van der Waals surface area (Å²) >= 11 is 0. The van der Waals surface area contributed by atoms with E-state index >= 15 is 0 Å². The molecule has 0 aromatic rings. The molecular weight excluding hydrogens is 935 g/mol. The lowest BCUT2D eigenvalue weighted by Crippen LogP contribution is -2.45. The molecule has 0 aliphatic heterocycles. The topological polar surface area (TPSA) is 95.9 Å². The Morgan fingerprint density at radius 2 is 0.632 bits per heavy atom. The normalized spacial score (nSPS) is 12.5. The van der Waals surface area contributed by atoms with Crippen molar-refractivity contribution >= 4 is 11.9 Å². The smallest absolute Gasteiger partial charge is 0.305 e. The molecule has 0 heterocycles. The summed E-state index contributed by atoms with van der Waals surface area (Å²) in [6.07, 6.45) is 81.3. The van der Waals surface area contributed by atoms with Crippen LogP contribution in [0, 0.1) is 0 Å². The molecule has 0 radical (unpaired) electrons. The number of aliphatic hydroxyl groups excluding tert-OH is 2. The van der Waals surface area contributed by atoms with Crippen molar-refractivity contribution in [2.24, 2.45) is 0 Å². The van der Waals surface area contributed by atoms with E-state index in [1.165, 1.54) is 321 Å². The Morgan fingerprint density at radius 3 is 0.974 bits per heavy atom. The van der Waals surface area contributed by atoms with Crippen LogP contribution >= 0.6 is 0 Å². The van der Waals surface area contributed by atoms with E-state index in [9.17, 15) is 19.8 Å². The van der Waals surface area contributed by atoms with Crippen molar-refractivity contribution < 1.29 is 24.5 Å². The van der Waals surface area contributed by atoms with E-state index in [2.05, 4.69) is 31.3 Å². The number of esters is 1. The minimum Gasteiger partial charge on any atom is -0.466 e. The van der Waals surface area contributed by atoms with Crippen LogP contribution in [0.1, 0.15) is 399 Å². The Labute approximate surface area is 476 Å². The lowest BCUT2D eigenvalue weighted by atomic mass is 10.0. The third kappa shape index (κ3) is 61.8. The molecule has 0 bridgehead atoms. The van der Waals surface area contributed by atoms with Crippen LogP contribution in [-0.4, -0.2) is 47.4 Å². The Bertz CT molecular complexity index is 1140. The first kappa shape index (κ1) is 74.6. The lowest BCUT2D eigenvalue weighted by Gasteiger charge is -2.22. The molecule has 2 unspecified atom stereocenters. The van der Waals surface area contributed by atoms with Gasteiger partial charge in [0.1, 0.15) is 0 Å². The molecule has 0 aliphatic rings. The van der Waals surface area contributed by atoms with Gasteiger partial charge in [0.2, 0.25) is 5.91 Å². The maximum absolute atomic E-state index is 12.5. The number of carbonyl (C=O) groups is 2. The molecule has 0 aromatic heterocycles. The van der Waals surface area contributed by atoms with E-state index in [1.807, 2.05) is 0 Å². The molecular formula is C70H137NO5. The van der Waals surface area contributed by atoms with Crippen LogP contribution in [0.2, 0.25) is 0 Å². The number of carbonyl (C=O) groups excluding carboxylic acids is 2. The number of unbranched alkanes of at least 4 members (excludes halogenated alkanes) is 53. The van der Waals surface area contributed by atoms with Gasteiger partial charge in [-0.25, -0.2) is 0 Å². The molecule has 76 heavy (non-hydrogen) atoms. The molecule has 0 rings (SSSR count). The second kappa shape index (κ2) is 66.1. The summed E-state index contributed by atoms with van der Waals surface area (Å²) < 4.78 is 5.47. The highest BCUT2D eigenvalue weighted by atomic mass is 16.5. The van der Waals surface area contributed by atoms with Crippen molar-refractivity contribution in [3.05, 3.63) is 12.2 Å². The van der Waals surface area contributed by atoms with E-state index in [4.69, 9.17) is 4.74 Å². The van der Waals surface area contributed by atoms with Gasteiger partial charge in [-0.2, -0.15) is 0 Å². The van der Waals surface area contributed by atoms with Gasteiger partial charge in [-0.3, -0.25) is 9.59 Å². The number of nitrogens with one attached hydrogen (secondary N) is 1. The molecule has 1 amide bonds. The van der Waals surface area contributed by atoms with Gasteiger partial charge in [-0.05, 0) is 44.9 Å². The molecule has 0 aromatic carbocycles. The van der Waals surface area contributed by atoms with Gasteiger partial charge in [0.15, 0.2) is 0 Å². The van der Waals surface area contributed by atoms with Crippen LogP contribution in [0.3, 0.4) is 0 Å². The first-order valence-corrected chi connectivity index (χ1v) is 34.9. The standard InChI is InChI=1S/C70H137NO5/c1-3-5-7-9-11-13-15-16-17-36-39-43-46-50-54-58-62-68(73)67(66-72)71-69(74)63-59-55-51-47-44-40-37-34-32-30-28-26-24-22-20-18-19-21-23-25-27-29-31-33-35-38-41-45-49-53-57-61-65-76-70(75)64-60-56-52-48-42-14-12-10-8-6-4-2/h10,12,67-68,72-73H,3-9,11,13-66H2,1-2H3,(H,71,74)/b12-10-. The third-order valence-electron chi connectivity index (χ3n) is 16.6. The second-order valence-corrected chi connectivity index (χ2v) is 24.2. The SMILES string of the molecule is CCCC/C=C\CCCCCCCC(=O)OCCCCCCCCCCCCCCCCCCCCCCCCCCCCCCCCCCC(=O)NC(CO)C(O)CCCCCCCCCCCCCCCCCC. The Balaban J connectivity index is 3.31. The fraction of sp³-hybridized carbons (Fsp3) is 0.943. The summed E-state index contributed by atoms with van der Waals surface area (Å²) in [6, 6.07) is -0.537. The molecule has 6 heteroatoms. The van der Waals surface area contributed by atoms with Crippen molar-refractivity contribution in [3.8, 4) is 0 Å². The number of amides is 1. The van der Waals surface area contributed by atoms with Crippen LogP contribution in [0.25, 0.3) is 0 Å². The van der Waals surface area contributed by atoms with E-state index in [1.54, 1.807) is 0 Å². The minimum atomic E-state index is -0.660. The van der Waals surface area contributed by atoms with E-state index in [0.29, 0.717) is 25.9 Å². The second-order valence-electron chi connectivity index (χ2n) is 24.2. The van der Waals surface area contributed by atoms with Gasteiger partial charge in [0, 0.05) is 12.8 Å². The number of rotatable bonds is 66. The zero-order valence-corrected chi connectivity index (χ0v) is 51.8. The molecule has 6 nitrogen and oxygen atoms in total. The highest BCUT2D eigenvalue weighted by Gasteiger charge is 2.20. The van der Waals surface area contributed by atoms with Gasteiger partial charge >= 0.3 is 5.97 Å². The molecule has 0 aliphatic carbocycles. The van der Waals surface area contributed by atoms with Gasteiger partial charge < -0.3 is 20.3 Å². The van der Waals surface area contributed by atoms with E-state index in [0.717, 1.165) is 44.9 Å². The van der Waals surface area contributed by atoms with Crippen LogP contribution in [-0.2, 0) is 14.3 Å². The highest BCUT2D eigenvalue weighted by molar-refractivity contribution is 5.76. The van der Waals surface area contributed by atoms with Gasteiger partial charge in [0.25, 0.3) is 0 Å². The Morgan fingerprint density at radius 1 is 0.355 bits per heavy atom. The van der Waals surface area contributed by atoms with E-state index in [-0.39, 0.29) is 18.5 Å². The largest absolute Gasteiger partial charge is 0.466 e. The van der Waals surface area contributed by atoms with Crippen molar-refractivity contribution in [2.45, 2.75) is 411 Å². The Kier molecular flexibility index (Phi) is 64.9. The molecule has 452 valence electrons. The molecule has 3 N–H and O–H groups in total. The molecule has 0 saturated carbocycles.